The second-order valence-electron chi connectivity index (χ2n) is 9.10. The summed E-state index contributed by atoms with van der Waals surface area (Å²) >= 11 is 0. The number of carbonyl (C=O) groups is 2. The maximum Gasteiger partial charge on any atom is 0.295 e. The van der Waals surface area contributed by atoms with E-state index >= 15 is 0 Å². The zero-order chi connectivity index (χ0) is 25.1. The van der Waals surface area contributed by atoms with Gasteiger partial charge in [0, 0.05) is 18.5 Å². The molecule has 1 amide bonds. The van der Waals surface area contributed by atoms with Crippen LogP contribution in [0.15, 0.2) is 48.0 Å². The molecule has 2 atom stereocenters. The van der Waals surface area contributed by atoms with Crippen molar-refractivity contribution in [1.82, 2.24) is 9.80 Å². The van der Waals surface area contributed by atoms with E-state index in [1.807, 2.05) is 43.3 Å². The van der Waals surface area contributed by atoms with E-state index in [4.69, 9.17) is 9.47 Å². The number of fused-ring (bicyclic) bond motifs is 1. The molecule has 0 aromatic heterocycles. The van der Waals surface area contributed by atoms with Crippen molar-refractivity contribution >= 4 is 17.4 Å². The lowest BCUT2D eigenvalue weighted by molar-refractivity contribution is -0.140. The van der Waals surface area contributed by atoms with E-state index in [-0.39, 0.29) is 17.4 Å². The van der Waals surface area contributed by atoms with Crippen LogP contribution in [0.25, 0.3) is 5.76 Å². The third-order valence-corrected chi connectivity index (χ3v) is 6.89. The topological polar surface area (TPSA) is 79.3 Å². The molecule has 7 nitrogen and oxygen atoms in total. The zero-order valence-electron chi connectivity index (χ0n) is 20.9. The summed E-state index contributed by atoms with van der Waals surface area (Å²) in [5, 5.41) is 11.4. The Balaban J connectivity index is 1.75. The Labute approximate surface area is 206 Å². The van der Waals surface area contributed by atoms with E-state index in [2.05, 4.69) is 18.7 Å². The molecule has 2 aromatic carbocycles. The lowest BCUT2D eigenvalue weighted by Gasteiger charge is -2.27. The van der Waals surface area contributed by atoms with Crippen LogP contribution in [0, 0.1) is 0 Å². The minimum Gasteiger partial charge on any atom is -0.507 e. The summed E-state index contributed by atoms with van der Waals surface area (Å²) < 4.78 is 11.2. The fraction of sp³-hybridized carbons (Fsp3) is 0.429. The molecule has 0 spiro atoms. The summed E-state index contributed by atoms with van der Waals surface area (Å²) in [6.45, 7) is 9.29. The smallest absolute Gasteiger partial charge is 0.295 e. The van der Waals surface area contributed by atoms with Crippen LogP contribution < -0.4 is 9.47 Å². The van der Waals surface area contributed by atoms with E-state index in [0.717, 1.165) is 49.4 Å². The molecule has 1 N–H and O–H groups in total. The van der Waals surface area contributed by atoms with Crippen LogP contribution in [0.3, 0.4) is 0 Å². The number of aliphatic hydroxyl groups is 1. The molecule has 1 saturated heterocycles. The molecule has 0 bridgehead atoms. The van der Waals surface area contributed by atoms with Gasteiger partial charge in [-0.3, -0.25) is 9.59 Å². The molecule has 7 heteroatoms. The molecule has 1 fully saturated rings. The fourth-order valence-electron chi connectivity index (χ4n) is 5.00. The molecular formula is C28H34N2O5. The maximum atomic E-state index is 13.3. The van der Waals surface area contributed by atoms with Gasteiger partial charge in [0.05, 0.1) is 18.7 Å². The second-order valence-corrected chi connectivity index (χ2v) is 9.10. The number of amides is 1. The first-order valence-corrected chi connectivity index (χ1v) is 12.3. The minimum absolute atomic E-state index is 0.0653. The lowest BCUT2D eigenvalue weighted by Crippen LogP contribution is -2.33. The number of methoxy groups -OCH3 is 1. The van der Waals surface area contributed by atoms with Gasteiger partial charge in [0.15, 0.2) is 0 Å². The van der Waals surface area contributed by atoms with Crippen LogP contribution in [0.1, 0.15) is 49.9 Å². The fourth-order valence-corrected chi connectivity index (χ4v) is 5.00. The normalized spacial score (nSPS) is 20.9. The van der Waals surface area contributed by atoms with Crippen molar-refractivity contribution in [2.45, 2.75) is 45.8 Å². The van der Waals surface area contributed by atoms with Crippen molar-refractivity contribution in [1.29, 1.82) is 0 Å². The highest BCUT2D eigenvalue weighted by molar-refractivity contribution is 6.46. The van der Waals surface area contributed by atoms with E-state index in [9.17, 15) is 14.7 Å². The van der Waals surface area contributed by atoms with Crippen LogP contribution in [0.4, 0.5) is 0 Å². The van der Waals surface area contributed by atoms with Gasteiger partial charge in [-0.15, -0.1) is 0 Å². The minimum atomic E-state index is -0.690. The monoisotopic (exact) mass is 478 g/mol. The van der Waals surface area contributed by atoms with Crippen molar-refractivity contribution in [2.75, 3.05) is 33.3 Å². The Bertz CT molecular complexity index is 1140. The lowest BCUT2D eigenvalue weighted by atomic mass is 9.94. The van der Waals surface area contributed by atoms with Gasteiger partial charge in [0.25, 0.3) is 11.7 Å². The Morgan fingerprint density at radius 3 is 2.66 bits per heavy atom. The molecular weight excluding hydrogens is 444 g/mol. The maximum absolute atomic E-state index is 13.3. The van der Waals surface area contributed by atoms with Gasteiger partial charge in [0.2, 0.25) is 0 Å². The summed E-state index contributed by atoms with van der Waals surface area (Å²) in [7, 11) is 1.58. The molecule has 2 aliphatic rings. The highest BCUT2D eigenvalue weighted by atomic mass is 16.5. The second kappa shape index (κ2) is 10.5. The van der Waals surface area contributed by atoms with Gasteiger partial charge < -0.3 is 24.4 Å². The standard InChI is InChI=1S/C28H34N2O5/c1-5-29(6-2)13-8-14-30-25(19-9-7-10-22(17-19)34-4)24(27(32)28(30)33)26(31)20-11-12-23-21(16-20)15-18(3)35-23/h7,9-12,16-18,25,31H,5-6,8,13-15H2,1-4H3/b26-24+/t18-,25-/m0/s1. The number of rotatable bonds is 9. The summed E-state index contributed by atoms with van der Waals surface area (Å²) in [5.41, 5.74) is 2.33. The third kappa shape index (κ3) is 4.91. The van der Waals surface area contributed by atoms with Crippen LogP contribution in [-0.2, 0) is 16.0 Å². The van der Waals surface area contributed by atoms with Crippen LogP contribution in [-0.4, -0.2) is 66.0 Å². The van der Waals surface area contributed by atoms with Crippen LogP contribution in [0.2, 0.25) is 0 Å². The highest BCUT2D eigenvalue weighted by Gasteiger charge is 2.46. The molecule has 4 rings (SSSR count). The van der Waals surface area contributed by atoms with Crippen molar-refractivity contribution in [3.05, 3.63) is 64.7 Å². The van der Waals surface area contributed by atoms with E-state index < -0.39 is 17.7 Å². The molecule has 0 radical (unpaired) electrons. The first kappa shape index (κ1) is 24.8. The summed E-state index contributed by atoms with van der Waals surface area (Å²) in [5.74, 6) is 0.000203. The SMILES string of the molecule is CCN(CC)CCCN1C(=O)C(=O)/C(=C(/O)c2ccc3c(c2)C[C@H](C)O3)[C@@H]1c1cccc(OC)c1. The number of ether oxygens (including phenoxy) is 2. The molecule has 35 heavy (non-hydrogen) atoms. The largest absolute Gasteiger partial charge is 0.507 e. The van der Waals surface area contributed by atoms with Crippen molar-refractivity contribution in [2.24, 2.45) is 0 Å². The van der Waals surface area contributed by atoms with Gasteiger partial charge in [-0.25, -0.2) is 0 Å². The Kier molecular flexibility index (Phi) is 7.45. The van der Waals surface area contributed by atoms with Gasteiger partial charge >= 0.3 is 0 Å². The average Bonchev–Trinajstić information content (AvgIpc) is 3.37. The highest BCUT2D eigenvalue weighted by Crippen LogP contribution is 2.41. The quantitative estimate of drug-likeness (QED) is 0.331. The number of carbonyl (C=O) groups excluding carboxylic acids is 2. The third-order valence-electron chi connectivity index (χ3n) is 6.89. The predicted octanol–water partition coefficient (Wildman–Crippen LogP) is 4.17. The number of likely N-dealkylation sites (tertiary alicyclic amines) is 1. The van der Waals surface area contributed by atoms with Crippen LogP contribution in [0.5, 0.6) is 11.5 Å². The molecule has 0 saturated carbocycles. The Hall–Kier alpha value is -3.32. The Morgan fingerprint density at radius 1 is 1.17 bits per heavy atom. The first-order chi connectivity index (χ1) is 16.9. The molecule has 2 heterocycles. The van der Waals surface area contributed by atoms with Crippen molar-refractivity contribution in [3.63, 3.8) is 0 Å². The summed E-state index contributed by atoms with van der Waals surface area (Å²) in [4.78, 5) is 30.4. The van der Waals surface area contributed by atoms with E-state index in [1.165, 1.54) is 0 Å². The number of aliphatic hydroxyl groups excluding tert-OH is 1. The first-order valence-electron chi connectivity index (χ1n) is 12.3. The van der Waals surface area contributed by atoms with E-state index in [1.54, 1.807) is 18.1 Å². The van der Waals surface area contributed by atoms with Gasteiger partial charge in [-0.1, -0.05) is 26.0 Å². The number of Topliss-reactive ketones (excluding diaryl/α,β-unsaturated/α-hetero) is 1. The predicted molar refractivity (Wildman–Crippen MR) is 135 cm³/mol. The zero-order valence-corrected chi connectivity index (χ0v) is 20.9. The average molecular weight is 479 g/mol. The summed E-state index contributed by atoms with van der Waals surface area (Å²) in [6, 6.07) is 12.0. The van der Waals surface area contributed by atoms with Gasteiger partial charge in [-0.2, -0.15) is 0 Å². The molecule has 2 aromatic rings. The molecule has 186 valence electrons. The molecule has 0 unspecified atom stereocenters. The molecule has 0 aliphatic carbocycles. The number of nitrogens with zero attached hydrogens (tertiary/aromatic N) is 2. The van der Waals surface area contributed by atoms with Gasteiger partial charge in [-0.05, 0) is 74.4 Å². The number of hydrogen-bond donors (Lipinski definition) is 1. The number of benzene rings is 2. The van der Waals surface area contributed by atoms with Crippen LogP contribution >= 0.6 is 0 Å². The summed E-state index contributed by atoms with van der Waals surface area (Å²) in [6.07, 6.45) is 1.52. The number of hydrogen-bond acceptors (Lipinski definition) is 6. The number of ketones is 1. The van der Waals surface area contributed by atoms with Gasteiger partial charge in [0.1, 0.15) is 23.4 Å². The van der Waals surface area contributed by atoms with Crippen molar-refractivity contribution in [3.8, 4) is 11.5 Å². The molecule has 2 aliphatic heterocycles. The Morgan fingerprint density at radius 2 is 1.94 bits per heavy atom. The van der Waals surface area contributed by atoms with E-state index in [0.29, 0.717) is 17.9 Å². The van der Waals surface area contributed by atoms with Crippen molar-refractivity contribution < 1.29 is 24.2 Å².